The van der Waals surface area contributed by atoms with Gasteiger partial charge in [-0.1, -0.05) is 6.07 Å². The molecule has 1 atom stereocenters. The molecule has 122 valence electrons. The third-order valence-electron chi connectivity index (χ3n) is 6.14. The van der Waals surface area contributed by atoms with Gasteiger partial charge in [0.1, 0.15) is 0 Å². The van der Waals surface area contributed by atoms with Crippen molar-refractivity contribution in [2.45, 2.75) is 37.3 Å². The van der Waals surface area contributed by atoms with E-state index in [9.17, 15) is 4.79 Å². The van der Waals surface area contributed by atoms with Crippen molar-refractivity contribution in [2.75, 3.05) is 13.1 Å². The van der Waals surface area contributed by atoms with Crippen LogP contribution in [0, 0.1) is 17.2 Å². The Kier molecular flexibility index (Phi) is 3.04. The standard InChI is InChI=1S/C19H19N3OS/c20-11-12-1-2-14-10-16(24-15(14)9-12)18(23)21-17-13-3-7-22(8-4-13)19(17)5-6-19/h1-2,9-10,13,17H,3-8H2,(H,21,23)/t17-/m0/s1. The summed E-state index contributed by atoms with van der Waals surface area (Å²) in [6.45, 7) is 2.41. The predicted molar refractivity (Wildman–Crippen MR) is 94.1 cm³/mol. The van der Waals surface area contributed by atoms with Crippen LogP contribution in [-0.4, -0.2) is 35.5 Å². The SMILES string of the molecule is N#Cc1ccc2cc(C(=O)N[C@H]3C4CCN(CC4)C34CC4)sc2c1. The number of carbonyl (C=O) groups excluding carboxylic acids is 1. The van der Waals surface area contributed by atoms with Gasteiger partial charge >= 0.3 is 0 Å². The van der Waals surface area contributed by atoms with Crippen LogP contribution in [-0.2, 0) is 0 Å². The summed E-state index contributed by atoms with van der Waals surface area (Å²) < 4.78 is 1.01. The zero-order chi connectivity index (χ0) is 16.3. The largest absolute Gasteiger partial charge is 0.346 e. The third kappa shape index (κ3) is 2.03. The summed E-state index contributed by atoms with van der Waals surface area (Å²) in [7, 11) is 0. The van der Waals surface area contributed by atoms with Crippen LogP contribution >= 0.6 is 11.3 Å². The Morgan fingerprint density at radius 2 is 2.08 bits per heavy atom. The number of piperidine rings is 3. The Labute approximate surface area is 145 Å². The van der Waals surface area contributed by atoms with Gasteiger partial charge in [-0.2, -0.15) is 5.26 Å². The lowest BCUT2D eigenvalue weighted by Crippen LogP contribution is -2.65. The molecule has 1 N–H and O–H groups in total. The number of nitrogens with zero attached hydrogens (tertiary/aromatic N) is 2. The minimum Gasteiger partial charge on any atom is -0.346 e. The highest BCUT2D eigenvalue weighted by Gasteiger charge is 2.60. The number of thiophene rings is 1. The van der Waals surface area contributed by atoms with E-state index >= 15 is 0 Å². The molecular formula is C19H19N3OS. The molecule has 4 aliphatic rings. The summed E-state index contributed by atoms with van der Waals surface area (Å²) in [6, 6.07) is 10.0. The predicted octanol–water partition coefficient (Wildman–Crippen LogP) is 3.13. The van der Waals surface area contributed by atoms with Crippen LogP contribution < -0.4 is 5.32 Å². The maximum Gasteiger partial charge on any atom is 0.261 e. The molecule has 5 heteroatoms. The molecule has 1 amide bonds. The fraction of sp³-hybridized carbons (Fsp3) is 0.474. The van der Waals surface area contributed by atoms with Crippen LogP contribution in [0.2, 0.25) is 0 Å². The lowest BCUT2D eigenvalue weighted by atomic mass is 9.77. The number of carbonyl (C=O) groups is 1. The highest BCUT2D eigenvalue weighted by molar-refractivity contribution is 7.20. The van der Waals surface area contributed by atoms with E-state index in [1.165, 1.54) is 50.1 Å². The molecule has 1 aromatic carbocycles. The van der Waals surface area contributed by atoms with E-state index in [0.717, 1.165) is 15.0 Å². The second-order valence-corrected chi connectivity index (χ2v) is 8.44. The monoisotopic (exact) mass is 337 g/mol. The second-order valence-electron chi connectivity index (χ2n) is 7.35. The van der Waals surface area contributed by atoms with Gasteiger partial charge in [0.2, 0.25) is 0 Å². The lowest BCUT2D eigenvalue weighted by molar-refractivity contribution is -0.00138. The average molecular weight is 337 g/mol. The Balaban J connectivity index is 1.42. The summed E-state index contributed by atoms with van der Waals surface area (Å²) >= 11 is 1.49. The summed E-state index contributed by atoms with van der Waals surface area (Å²) in [6.07, 6.45) is 4.88. The fourth-order valence-corrected chi connectivity index (χ4v) is 5.75. The first kappa shape index (κ1) is 14.4. The Morgan fingerprint density at radius 3 is 2.79 bits per heavy atom. The molecule has 1 aliphatic carbocycles. The molecule has 4 heterocycles. The van der Waals surface area contributed by atoms with Gasteiger partial charge in [0.15, 0.2) is 0 Å². The first-order valence-electron chi connectivity index (χ1n) is 8.69. The third-order valence-corrected chi connectivity index (χ3v) is 7.24. The van der Waals surface area contributed by atoms with Crippen LogP contribution in [0.3, 0.4) is 0 Å². The van der Waals surface area contributed by atoms with Gasteiger partial charge in [0.05, 0.1) is 22.6 Å². The number of benzene rings is 1. The van der Waals surface area contributed by atoms with Crippen molar-refractivity contribution in [3.05, 3.63) is 34.7 Å². The minimum atomic E-state index is 0.0553. The molecule has 4 fully saturated rings. The molecule has 1 aromatic heterocycles. The van der Waals surface area contributed by atoms with E-state index in [2.05, 4.69) is 16.3 Å². The first-order chi connectivity index (χ1) is 11.7. The average Bonchev–Trinajstić information content (AvgIpc) is 3.27. The van der Waals surface area contributed by atoms with Crippen molar-refractivity contribution in [1.82, 2.24) is 10.2 Å². The summed E-state index contributed by atoms with van der Waals surface area (Å²) in [5.41, 5.74) is 0.909. The molecule has 3 saturated heterocycles. The topological polar surface area (TPSA) is 56.1 Å². The van der Waals surface area contributed by atoms with Crippen LogP contribution in [0.1, 0.15) is 40.9 Å². The van der Waals surface area contributed by atoms with E-state index in [0.29, 0.717) is 17.5 Å². The van der Waals surface area contributed by atoms with Gasteiger partial charge in [-0.15, -0.1) is 11.3 Å². The Morgan fingerprint density at radius 1 is 1.29 bits per heavy atom. The highest BCUT2D eigenvalue weighted by Crippen LogP contribution is 2.53. The van der Waals surface area contributed by atoms with Crippen molar-refractivity contribution in [1.29, 1.82) is 5.26 Å². The van der Waals surface area contributed by atoms with Gasteiger partial charge in [-0.25, -0.2) is 0 Å². The van der Waals surface area contributed by atoms with Crippen molar-refractivity contribution < 1.29 is 4.79 Å². The van der Waals surface area contributed by atoms with Crippen LogP contribution in [0.5, 0.6) is 0 Å². The van der Waals surface area contributed by atoms with Gasteiger partial charge in [-0.3, -0.25) is 9.69 Å². The van der Waals surface area contributed by atoms with Gasteiger partial charge in [0.25, 0.3) is 5.91 Å². The van der Waals surface area contributed by atoms with E-state index in [1.807, 2.05) is 24.3 Å². The molecule has 6 rings (SSSR count). The van der Waals surface area contributed by atoms with E-state index < -0.39 is 0 Å². The zero-order valence-electron chi connectivity index (χ0n) is 13.4. The maximum atomic E-state index is 12.8. The van der Waals surface area contributed by atoms with Crippen molar-refractivity contribution >= 4 is 27.3 Å². The number of nitrogens with one attached hydrogen (secondary N) is 1. The normalized spacial score (nSPS) is 29.5. The van der Waals surface area contributed by atoms with Gasteiger partial charge in [-0.05, 0) is 68.3 Å². The van der Waals surface area contributed by atoms with E-state index in [1.54, 1.807) is 0 Å². The van der Waals surface area contributed by atoms with E-state index in [-0.39, 0.29) is 11.4 Å². The number of amides is 1. The molecule has 1 saturated carbocycles. The van der Waals surface area contributed by atoms with Crippen LogP contribution in [0.15, 0.2) is 24.3 Å². The maximum absolute atomic E-state index is 12.8. The quantitative estimate of drug-likeness (QED) is 0.916. The molecule has 0 unspecified atom stereocenters. The summed E-state index contributed by atoms with van der Waals surface area (Å²) in [5, 5.41) is 13.4. The number of nitriles is 1. The number of hydrogen-bond donors (Lipinski definition) is 1. The minimum absolute atomic E-state index is 0.0553. The molecule has 1 spiro atoms. The zero-order valence-corrected chi connectivity index (χ0v) is 14.2. The molecule has 2 aromatic rings. The van der Waals surface area contributed by atoms with E-state index in [4.69, 9.17) is 5.26 Å². The summed E-state index contributed by atoms with van der Waals surface area (Å²) in [5.74, 6) is 0.695. The van der Waals surface area contributed by atoms with Crippen molar-refractivity contribution in [3.63, 3.8) is 0 Å². The van der Waals surface area contributed by atoms with Crippen molar-refractivity contribution in [2.24, 2.45) is 5.92 Å². The first-order valence-corrected chi connectivity index (χ1v) is 9.51. The highest BCUT2D eigenvalue weighted by atomic mass is 32.1. The second kappa shape index (κ2) is 5.05. The van der Waals surface area contributed by atoms with Gasteiger partial charge < -0.3 is 5.32 Å². The smallest absolute Gasteiger partial charge is 0.261 e. The summed E-state index contributed by atoms with van der Waals surface area (Å²) in [4.78, 5) is 16.2. The molecule has 0 radical (unpaired) electrons. The fourth-order valence-electron chi connectivity index (χ4n) is 4.75. The Bertz CT molecular complexity index is 868. The number of rotatable bonds is 2. The van der Waals surface area contributed by atoms with Crippen molar-refractivity contribution in [3.8, 4) is 6.07 Å². The van der Waals surface area contributed by atoms with Crippen LogP contribution in [0.25, 0.3) is 10.1 Å². The molecule has 2 bridgehead atoms. The molecular weight excluding hydrogens is 318 g/mol. The molecule has 4 nitrogen and oxygen atoms in total. The number of hydrogen-bond acceptors (Lipinski definition) is 4. The van der Waals surface area contributed by atoms with Gasteiger partial charge in [0, 0.05) is 10.2 Å². The lowest BCUT2D eigenvalue weighted by Gasteiger charge is -2.52. The Hall–Kier alpha value is -1.90. The molecule has 24 heavy (non-hydrogen) atoms. The van der Waals surface area contributed by atoms with Crippen LogP contribution in [0.4, 0.5) is 0 Å². The molecule has 3 aliphatic heterocycles. The number of fused-ring (bicyclic) bond motifs is 3.